The monoisotopic (exact) mass is 220 g/mol. The van der Waals surface area contributed by atoms with E-state index in [2.05, 4.69) is 9.97 Å². The Balaban J connectivity index is 2.44. The number of nitrogens with zero attached hydrogens (tertiary/aromatic N) is 2. The van der Waals surface area contributed by atoms with Gasteiger partial charge in [-0.25, -0.2) is 9.97 Å². The summed E-state index contributed by atoms with van der Waals surface area (Å²) < 4.78 is 0. The van der Waals surface area contributed by atoms with Crippen LogP contribution < -0.4 is 0 Å². The molecule has 0 aliphatic rings. The van der Waals surface area contributed by atoms with E-state index in [1.54, 1.807) is 24.4 Å². The summed E-state index contributed by atoms with van der Waals surface area (Å²) in [5.74, 6) is 0.573. The predicted octanol–water partition coefficient (Wildman–Crippen LogP) is 2.29. The smallest absolute Gasteiger partial charge is 0.159 e. The first kappa shape index (κ1) is 10.1. The fourth-order valence-electron chi connectivity index (χ4n) is 1.25. The van der Waals surface area contributed by atoms with Gasteiger partial charge >= 0.3 is 0 Å². The molecule has 2 aromatic rings. The Labute approximate surface area is 92.4 Å². The molecule has 0 atom stereocenters. The van der Waals surface area contributed by atoms with E-state index in [-0.39, 0.29) is 6.61 Å². The molecule has 76 valence electrons. The molecule has 1 aromatic heterocycles. The van der Waals surface area contributed by atoms with Gasteiger partial charge in [-0.2, -0.15) is 0 Å². The van der Waals surface area contributed by atoms with Gasteiger partial charge in [-0.15, -0.1) is 0 Å². The first-order valence-corrected chi connectivity index (χ1v) is 4.86. The Morgan fingerprint density at radius 3 is 2.87 bits per heavy atom. The molecule has 1 N–H and O–H groups in total. The van der Waals surface area contributed by atoms with Crippen molar-refractivity contribution >= 4 is 11.6 Å². The summed E-state index contributed by atoms with van der Waals surface area (Å²) in [7, 11) is 0. The maximum Gasteiger partial charge on any atom is 0.159 e. The zero-order valence-corrected chi connectivity index (χ0v) is 8.65. The SMILES string of the molecule is OCc1ccnc(-c2cccc(Cl)c2)n1. The Kier molecular flexibility index (Phi) is 2.94. The van der Waals surface area contributed by atoms with Crippen LogP contribution in [0.3, 0.4) is 0 Å². The summed E-state index contributed by atoms with van der Waals surface area (Å²) in [6.45, 7) is -0.0872. The van der Waals surface area contributed by atoms with Crippen LogP contribution in [0.2, 0.25) is 5.02 Å². The van der Waals surface area contributed by atoms with Gasteiger partial charge in [0.1, 0.15) is 0 Å². The van der Waals surface area contributed by atoms with Crippen LogP contribution in [0.15, 0.2) is 36.5 Å². The van der Waals surface area contributed by atoms with Gasteiger partial charge in [0.15, 0.2) is 5.82 Å². The molecule has 0 fully saturated rings. The molecule has 0 saturated carbocycles. The average Bonchev–Trinajstić information content (AvgIpc) is 2.29. The fraction of sp³-hybridized carbons (Fsp3) is 0.0909. The number of benzene rings is 1. The summed E-state index contributed by atoms with van der Waals surface area (Å²) in [5, 5.41) is 9.59. The van der Waals surface area contributed by atoms with Crippen LogP contribution in [0, 0.1) is 0 Å². The third kappa shape index (κ3) is 2.32. The Morgan fingerprint density at radius 2 is 2.13 bits per heavy atom. The van der Waals surface area contributed by atoms with Crippen LogP contribution in [0.4, 0.5) is 0 Å². The molecule has 1 heterocycles. The molecule has 2 rings (SSSR count). The minimum atomic E-state index is -0.0872. The number of aromatic nitrogens is 2. The van der Waals surface area contributed by atoms with E-state index in [0.29, 0.717) is 16.5 Å². The zero-order valence-electron chi connectivity index (χ0n) is 7.89. The van der Waals surface area contributed by atoms with Crippen LogP contribution in [0.25, 0.3) is 11.4 Å². The van der Waals surface area contributed by atoms with E-state index in [0.717, 1.165) is 5.56 Å². The first-order chi connectivity index (χ1) is 7.29. The van der Waals surface area contributed by atoms with E-state index in [1.165, 1.54) is 0 Å². The minimum Gasteiger partial charge on any atom is -0.390 e. The maximum absolute atomic E-state index is 8.95. The Hall–Kier alpha value is -1.45. The third-order valence-corrected chi connectivity index (χ3v) is 2.19. The molecular weight excluding hydrogens is 212 g/mol. The van der Waals surface area contributed by atoms with Crippen molar-refractivity contribution < 1.29 is 5.11 Å². The Bertz CT molecular complexity index is 474. The molecule has 0 aliphatic heterocycles. The predicted molar refractivity (Wildman–Crippen MR) is 58.4 cm³/mol. The van der Waals surface area contributed by atoms with Crippen LogP contribution in [-0.2, 0) is 6.61 Å². The number of aliphatic hydroxyl groups is 1. The summed E-state index contributed by atoms with van der Waals surface area (Å²) in [6.07, 6.45) is 1.62. The number of aliphatic hydroxyl groups excluding tert-OH is 1. The number of halogens is 1. The largest absolute Gasteiger partial charge is 0.390 e. The first-order valence-electron chi connectivity index (χ1n) is 4.48. The van der Waals surface area contributed by atoms with Crippen molar-refractivity contribution in [2.24, 2.45) is 0 Å². The van der Waals surface area contributed by atoms with Crippen molar-refractivity contribution in [3.63, 3.8) is 0 Å². The van der Waals surface area contributed by atoms with Gasteiger partial charge in [-0.1, -0.05) is 23.7 Å². The van der Waals surface area contributed by atoms with Gasteiger partial charge < -0.3 is 5.11 Å². The van der Waals surface area contributed by atoms with Crippen LogP contribution >= 0.6 is 11.6 Å². The van der Waals surface area contributed by atoms with Crippen molar-refractivity contribution in [3.8, 4) is 11.4 Å². The second-order valence-electron chi connectivity index (χ2n) is 3.04. The quantitative estimate of drug-likeness (QED) is 0.845. The molecule has 0 spiro atoms. The second kappa shape index (κ2) is 4.38. The van der Waals surface area contributed by atoms with Gasteiger partial charge in [0.25, 0.3) is 0 Å². The van der Waals surface area contributed by atoms with E-state index < -0.39 is 0 Å². The topological polar surface area (TPSA) is 46.0 Å². The lowest BCUT2D eigenvalue weighted by Gasteiger charge is -2.01. The molecular formula is C11H9ClN2O. The molecule has 4 heteroatoms. The normalized spacial score (nSPS) is 10.3. The van der Waals surface area contributed by atoms with Gasteiger partial charge in [0, 0.05) is 16.8 Å². The molecule has 1 aromatic carbocycles. The summed E-state index contributed by atoms with van der Waals surface area (Å²) in [4.78, 5) is 8.30. The van der Waals surface area contributed by atoms with Gasteiger partial charge in [0.2, 0.25) is 0 Å². The molecule has 15 heavy (non-hydrogen) atoms. The minimum absolute atomic E-state index is 0.0872. The fourth-order valence-corrected chi connectivity index (χ4v) is 1.44. The number of hydrogen-bond acceptors (Lipinski definition) is 3. The van der Waals surface area contributed by atoms with Gasteiger partial charge in [-0.05, 0) is 18.2 Å². The lowest BCUT2D eigenvalue weighted by molar-refractivity contribution is 0.277. The van der Waals surface area contributed by atoms with Crippen molar-refractivity contribution in [1.29, 1.82) is 0 Å². The molecule has 0 radical (unpaired) electrons. The molecule has 0 saturated heterocycles. The van der Waals surface area contributed by atoms with E-state index in [9.17, 15) is 0 Å². The highest BCUT2D eigenvalue weighted by Gasteiger charge is 2.02. The molecule has 0 amide bonds. The highest BCUT2D eigenvalue weighted by molar-refractivity contribution is 6.30. The highest BCUT2D eigenvalue weighted by Crippen LogP contribution is 2.19. The summed E-state index contributed by atoms with van der Waals surface area (Å²) in [5.41, 5.74) is 1.44. The highest BCUT2D eigenvalue weighted by atomic mass is 35.5. The molecule has 0 bridgehead atoms. The number of hydrogen-bond donors (Lipinski definition) is 1. The van der Waals surface area contributed by atoms with Gasteiger partial charge in [-0.3, -0.25) is 0 Å². The zero-order chi connectivity index (χ0) is 10.7. The van der Waals surface area contributed by atoms with Crippen molar-refractivity contribution in [3.05, 3.63) is 47.2 Å². The van der Waals surface area contributed by atoms with Crippen LogP contribution in [-0.4, -0.2) is 15.1 Å². The number of rotatable bonds is 2. The van der Waals surface area contributed by atoms with Gasteiger partial charge in [0.05, 0.1) is 12.3 Å². The van der Waals surface area contributed by atoms with Crippen LogP contribution in [0.5, 0.6) is 0 Å². The van der Waals surface area contributed by atoms with Crippen molar-refractivity contribution in [1.82, 2.24) is 9.97 Å². The lowest BCUT2D eigenvalue weighted by atomic mass is 10.2. The lowest BCUT2D eigenvalue weighted by Crippen LogP contribution is -1.94. The third-order valence-electron chi connectivity index (χ3n) is 1.96. The van der Waals surface area contributed by atoms with Crippen molar-refractivity contribution in [2.45, 2.75) is 6.61 Å². The maximum atomic E-state index is 8.95. The van der Waals surface area contributed by atoms with E-state index >= 15 is 0 Å². The Morgan fingerprint density at radius 1 is 1.27 bits per heavy atom. The van der Waals surface area contributed by atoms with Crippen LogP contribution in [0.1, 0.15) is 5.69 Å². The standard InChI is InChI=1S/C11H9ClN2O/c12-9-3-1-2-8(6-9)11-13-5-4-10(7-15)14-11/h1-6,15H,7H2. The summed E-state index contributed by atoms with van der Waals surface area (Å²) >= 11 is 5.86. The second-order valence-corrected chi connectivity index (χ2v) is 3.48. The average molecular weight is 221 g/mol. The van der Waals surface area contributed by atoms with Crippen molar-refractivity contribution in [2.75, 3.05) is 0 Å². The van der Waals surface area contributed by atoms with E-state index in [4.69, 9.17) is 16.7 Å². The molecule has 3 nitrogen and oxygen atoms in total. The summed E-state index contributed by atoms with van der Waals surface area (Å²) in [6, 6.07) is 8.97. The van der Waals surface area contributed by atoms with E-state index in [1.807, 2.05) is 12.1 Å². The molecule has 0 unspecified atom stereocenters. The molecule has 0 aliphatic carbocycles.